The van der Waals surface area contributed by atoms with Gasteiger partial charge in [-0.1, -0.05) is 11.6 Å². The van der Waals surface area contributed by atoms with Crippen molar-refractivity contribution in [3.8, 4) is 0 Å². The highest BCUT2D eigenvalue weighted by atomic mass is 35.5. The molecule has 6 heteroatoms. The number of benzene rings is 1. The number of aromatic nitrogens is 2. The molecule has 0 saturated carbocycles. The lowest BCUT2D eigenvalue weighted by molar-refractivity contribution is 0.225. The first-order chi connectivity index (χ1) is 11.2. The second kappa shape index (κ2) is 7.34. The Labute approximate surface area is 141 Å². The van der Waals surface area contributed by atoms with Gasteiger partial charge in [-0.15, -0.1) is 0 Å². The summed E-state index contributed by atoms with van der Waals surface area (Å²) >= 11 is 5.95. The van der Waals surface area contributed by atoms with E-state index in [-0.39, 0.29) is 12.6 Å². The Kier molecular flexibility index (Phi) is 5.20. The zero-order valence-electron chi connectivity index (χ0n) is 13.3. The second-order valence-corrected chi connectivity index (χ2v) is 6.52. The van der Waals surface area contributed by atoms with Gasteiger partial charge in [0.2, 0.25) is 0 Å². The maximum Gasteiger partial charge on any atom is 0.0627 e. The lowest BCUT2D eigenvalue weighted by Crippen LogP contribution is -2.44. The van der Waals surface area contributed by atoms with Gasteiger partial charge in [-0.05, 0) is 37.1 Å². The zero-order chi connectivity index (χ0) is 16.2. The molecular formula is C17H23ClN4O. The molecule has 3 rings (SSSR count). The number of rotatable bonds is 5. The van der Waals surface area contributed by atoms with Gasteiger partial charge in [0.15, 0.2) is 0 Å². The van der Waals surface area contributed by atoms with E-state index in [9.17, 15) is 5.11 Å². The molecule has 23 heavy (non-hydrogen) atoms. The van der Waals surface area contributed by atoms with Crippen LogP contribution in [0, 0.1) is 0 Å². The number of piperidine rings is 1. The van der Waals surface area contributed by atoms with E-state index in [0.29, 0.717) is 6.04 Å². The van der Waals surface area contributed by atoms with Crippen molar-refractivity contribution >= 4 is 17.3 Å². The Bertz CT molecular complexity index is 620. The van der Waals surface area contributed by atoms with E-state index in [2.05, 4.69) is 27.4 Å². The molecule has 1 unspecified atom stereocenters. The highest BCUT2D eigenvalue weighted by Gasteiger charge is 2.23. The molecule has 0 bridgehead atoms. The quantitative estimate of drug-likeness (QED) is 0.881. The van der Waals surface area contributed by atoms with Crippen molar-refractivity contribution in [3.63, 3.8) is 0 Å². The maximum absolute atomic E-state index is 9.65. The van der Waals surface area contributed by atoms with Crippen LogP contribution in [0.2, 0.25) is 5.02 Å². The molecule has 2 aromatic rings. The Morgan fingerprint density at radius 2 is 2.00 bits per heavy atom. The van der Waals surface area contributed by atoms with Gasteiger partial charge in [0, 0.05) is 48.6 Å². The molecule has 1 saturated heterocycles. The molecule has 2 N–H and O–H groups in total. The van der Waals surface area contributed by atoms with Crippen molar-refractivity contribution in [2.75, 3.05) is 24.6 Å². The smallest absolute Gasteiger partial charge is 0.0627 e. The number of aryl methyl sites for hydroxylation is 1. The molecular weight excluding hydrogens is 312 g/mol. The summed E-state index contributed by atoms with van der Waals surface area (Å²) < 4.78 is 1.77. The summed E-state index contributed by atoms with van der Waals surface area (Å²) in [6.45, 7) is 2.10. The van der Waals surface area contributed by atoms with Crippen molar-refractivity contribution in [1.29, 1.82) is 0 Å². The average Bonchev–Trinajstić information content (AvgIpc) is 3.00. The first kappa shape index (κ1) is 16.3. The summed E-state index contributed by atoms with van der Waals surface area (Å²) in [6, 6.07) is 8.38. The van der Waals surface area contributed by atoms with Crippen molar-refractivity contribution in [1.82, 2.24) is 15.1 Å². The fraction of sp³-hybridized carbons (Fsp3) is 0.471. The first-order valence-corrected chi connectivity index (χ1v) is 8.39. The predicted molar refractivity (Wildman–Crippen MR) is 92.9 cm³/mol. The van der Waals surface area contributed by atoms with Crippen LogP contribution in [0.1, 0.15) is 24.4 Å². The summed E-state index contributed by atoms with van der Waals surface area (Å²) in [5.74, 6) is 0. The summed E-state index contributed by atoms with van der Waals surface area (Å²) in [4.78, 5) is 2.38. The molecule has 5 nitrogen and oxygen atoms in total. The number of nitrogens with one attached hydrogen (secondary N) is 1. The Balaban J connectivity index is 1.55. The van der Waals surface area contributed by atoms with Crippen molar-refractivity contribution < 1.29 is 5.11 Å². The van der Waals surface area contributed by atoms with Gasteiger partial charge in [-0.3, -0.25) is 4.68 Å². The molecule has 1 fully saturated rings. The summed E-state index contributed by atoms with van der Waals surface area (Å²) in [7, 11) is 1.89. The van der Waals surface area contributed by atoms with Gasteiger partial charge in [0.05, 0.1) is 18.8 Å². The normalized spacial score (nSPS) is 17.4. The zero-order valence-corrected chi connectivity index (χ0v) is 14.1. The van der Waals surface area contributed by atoms with Crippen molar-refractivity contribution in [2.45, 2.75) is 24.9 Å². The number of hydrogen-bond acceptors (Lipinski definition) is 4. The molecule has 0 amide bonds. The fourth-order valence-corrected chi connectivity index (χ4v) is 3.24. The van der Waals surface area contributed by atoms with Gasteiger partial charge < -0.3 is 15.3 Å². The topological polar surface area (TPSA) is 53.3 Å². The van der Waals surface area contributed by atoms with Crippen LogP contribution in [0.25, 0.3) is 0 Å². The van der Waals surface area contributed by atoms with Crippen molar-refractivity contribution in [2.24, 2.45) is 7.05 Å². The van der Waals surface area contributed by atoms with Gasteiger partial charge >= 0.3 is 0 Å². The molecule has 1 atom stereocenters. The van der Waals surface area contributed by atoms with Gasteiger partial charge in [0.25, 0.3) is 0 Å². The molecule has 1 aliphatic heterocycles. The van der Waals surface area contributed by atoms with E-state index in [4.69, 9.17) is 11.6 Å². The van der Waals surface area contributed by atoms with E-state index in [0.717, 1.165) is 36.5 Å². The Morgan fingerprint density at radius 1 is 1.30 bits per heavy atom. The molecule has 1 aliphatic rings. The van der Waals surface area contributed by atoms with Crippen LogP contribution in [0.3, 0.4) is 0 Å². The van der Waals surface area contributed by atoms with Crippen LogP contribution in [0.5, 0.6) is 0 Å². The monoisotopic (exact) mass is 334 g/mol. The largest absolute Gasteiger partial charge is 0.394 e. The lowest BCUT2D eigenvalue weighted by atomic mass is 10.0. The minimum absolute atomic E-state index is 0.0456. The number of hydrogen-bond donors (Lipinski definition) is 2. The molecule has 1 aromatic heterocycles. The van der Waals surface area contributed by atoms with Crippen LogP contribution in [0.4, 0.5) is 5.69 Å². The van der Waals surface area contributed by atoms with Crippen molar-refractivity contribution in [3.05, 3.63) is 47.2 Å². The molecule has 0 spiro atoms. The van der Waals surface area contributed by atoms with Gasteiger partial charge in [-0.2, -0.15) is 5.10 Å². The summed E-state index contributed by atoms with van der Waals surface area (Å²) in [5.41, 5.74) is 2.26. The van der Waals surface area contributed by atoms with Crippen LogP contribution < -0.4 is 10.2 Å². The third-order valence-electron chi connectivity index (χ3n) is 4.43. The first-order valence-electron chi connectivity index (χ1n) is 8.01. The third-order valence-corrected chi connectivity index (χ3v) is 4.69. The number of aliphatic hydroxyl groups is 1. The fourth-order valence-electron chi connectivity index (χ4n) is 3.12. The Morgan fingerprint density at radius 3 is 2.57 bits per heavy atom. The van der Waals surface area contributed by atoms with E-state index < -0.39 is 0 Å². The van der Waals surface area contributed by atoms with Crippen LogP contribution in [-0.4, -0.2) is 40.6 Å². The molecule has 124 valence electrons. The molecule has 2 heterocycles. The van der Waals surface area contributed by atoms with Crippen LogP contribution >= 0.6 is 11.6 Å². The number of anilines is 1. The standard InChI is InChI=1S/C17H23ClN4O/c1-21-11-13(10-19-21)17(12-23)20-15-6-8-22(9-7-15)16-4-2-14(18)3-5-16/h2-5,10-11,15,17,20,23H,6-9,12H2,1H3. The Hall–Kier alpha value is -1.56. The minimum atomic E-state index is -0.0456. The average molecular weight is 335 g/mol. The number of nitrogens with zero attached hydrogens (tertiary/aromatic N) is 3. The summed E-state index contributed by atoms with van der Waals surface area (Å²) in [6.07, 6.45) is 5.88. The number of aliphatic hydroxyl groups excluding tert-OH is 1. The summed E-state index contributed by atoms with van der Waals surface area (Å²) in [5, 5.41) is 18.2. The second-order valence-electron chi connectivity index (χ2n) is 6.09. The van der Waals surface area contributed by atoms with Gasteiger partial charge in [0.1, 0.15) is 0 Å². The highest BCUT2D eigenvalue weighted by Crippen LogP contribution is 2.23. The minimum Gasteiger partial charge on any atom is -0.394 e. The van der Waals surface area contributed by atoms with E-state index >= 15 is 0 Å². The maximum atomic E-state index is 9.65. The third kappa shape index (κ3) is 4.05. The lowest BCUT2D eigenvalue weighted by Gasteiger charge is -2.35. The molecule has 1 aromatic carbocycles. The predicted octanol–water partition coefficient (Wildman–Crippen LogP) is 2.37. The van der Waals surface area contributed by atoms with Gasteiger partial charge in [-0.25, -0.2) is 0 Å². The number of halogens is 1. The van der Waals surface area contributed by atoms with Crippen LogP contribution in [-0.2, 0) is 7.05 Å². The van der Waals surface area contributed by atoms with E-state index in [1.807, 2.05) is 31.6 Å². The van der Waals surface area contributed by atoms with E-state index in [1.165, 1.54) is 5.69 Å². The van der Waals surface area contributed by atoms with Crippen LogP contribution in [0.15, 0.2) is 36.7 Å². The molecule has 0 aliphatic carbocycles. The molecule has 0 radical (unpaired) electrons. The highest BCUT2D eigenvalue weighted by molar-refractivity contribution is 6.30. The SMILES string of the molecule is Cn1cc(C(CO)NC2CCN(c3ccc(Cl)cc3)CC2)cn1. The van der Waals surface area contributed by atoms with E-state index in [1.54, 1.807) is 4.68 Å².